The van der Waals surface area contributed by atoms with Gasteiger partial charge in [0.05, 0.1) is 6.33 Å². The summed E-state index contributed by atoms with van der Waals surface area (Å²) in [6.45, 7) is 2.96. The zero-order valence-electron chi connectivity index (χ0n) is 11.0. The normalized spacial score (nSPS) is 10.7. The molecule has 0 saturated heterocycles. The third-order valence-corrected chi connectivity index (χ3v) is 5.16. The van der Waals surface area contributed by atoms with E-state index in [1.165, 1.54) is 14.2 Å². The minimum atomic E-state index is 0.838. The van der Waals surface area contributed by atoms with Crippen molar-refractivity contribution in [3.63, 3.8) is 0 Å². The van der Waals surface area contributed by atoms with E-state index in [1.807, 2.05) is 28.2 Å². The molecular formula is C15H14BrN3S. The van der Waals surface area contributed by atoms with E-state index in [1.54, 1.807) is 12.5 Å². The van der Waals surface area contributed by atoms with Gasteiger partial charge < -0.3 is 9.88 Å². The van der Waals surface area contributed by atoms with Crippen LogP contribution in [0, 0.1) is 6.92 Å². The summed E-state index contributed by atoms with van der Waals surface area (Å²) in [4.78, 5) is 6.71. The number of aromatic nitrogens is 2. The molecule has 0 aliphatic carbocycles. The van der Waals surface area contributed by atoms with Gasteiger partial charge in [0.25, 0.3) is 0 Å². The molecule has 0 radical (unpaired) electrons. The van der Waals surface area contributed by atoms with Crippen molar-refractivity contribution >= 4 is 33.0 Å². The summed E-state index contributed by atoms with van der Waals surface area (Å²) < 4.78 is 3.18. The lowest BCUT2D eigenvalue weighted by Crippen LogP contribution is -1.98. The van der Waals surface area contributed by atoms with Gasteiger partial charge in [-0.1, -0.05) is 6.07 Å². The fourth-order valence-corrected chi connectivity index (χ4v) is 3.52. The summed E-state index contributed by atoms with van der Waals surface area (Å²) in [6.07, 6.45) is 5.53. The molecule has 3 aromatic rings. The van der Waals surface area contributed by atoms with Crippen LogP contribution in [0.1, 0.15) is 9.75 Å². The summed E-state index contributed by atoms with van der Waals surface area (Å²) in [5.74, 6) is 0. The van der Waals surface area contributed by atoms with Gasteiger partial charge in [-0.15, -0.1) is 11.3 Å². The van der Waals surface area contributed by atoms with Crippen LogP contribution in [0.4, 0.5) is 5.69 Å². The molecule has 1 N–H and O–H groups in total. The highest BCUT2D eigenvalue weighted by Gasteiger charge is 2.03. The summed E-state index contributed by atoms with van der Waals surface area (Å²) >= 11 is 5.36. The van der Waals surface area contributed by atoms with Crippen molar-refractivity contribution in [2.24, 2.45) is 0 Å². The van der Waals surface area contributed by atoms with Gasteiger partial charge in [-0.05, 0) is 47.1 Å². The van der Waals surface area contributed by atoms with Crippen molar-refractivity contribution in [3.05, 3.63) is 63.3 Å². The Balaban J connectivity index is 1.73. The van der Waals surface area contributed by atoms with Gasteiger partial charge in [-0.3, -0.25) is 0 Å². The maximum atomic E-state index is 4.07. The number of anilines is 1. The van der Waals surface area contributed by atoms with E-state index in [9.17, 15) is 0 Å². The van der Waals surface area contributed by atoms with Crippen LogP contribution in [-0.4, -0.2) is 9.55 Å². The Morgan fingerprint density at radius 3 is 2.95 bits per heavy atom. The van der Waals surface area contributed by atoms with E-state index in [4.69, 9.17) is 0 Å². The van der Waals surface area contributed by atoms with Crippen LogP contribution >= 0.6 is 27.3 Å². The molecule has 5 heteroatoms. The Labute approximate surface area is 130 Å². The van der Waals surface area contributed by atoms with Crippen molar-refractivity contribution in [2.75, 3.05) is 5.32 Å². The zero-order valence-corrected chi connectivity index (χ0v) is 13.4. The van der Waals surface area contributed by atoms with Crippen LogP contribution in [0.3, 0.4) is 0 Å². The Morgan fingerprint density at radius 2 is 2.25 bits per heavy atom. The van der Waals surface area contributed by atoms with E-state index in [0.717, 1.165) is 17.9 Å². The first-order valence-electron chi connectivity index (χ1n) is 6.29. The minimum absolute atomic E-state index is 0.838. The smallest absolute Gasteiger partial charge is 0.0991 e. The maximum Gasteiger partial charge on any atom is 0.0991 e. The van der Waals surface area contributed by atoms with Crippen molar-refractivity contribution in [2.45, 2.75) is 13.5 Å². The predicted molar refractivity (Wildman–Crippen MR) is 87.6 cm³/mol. The third-order valence-electron chi connectivity index (χ3n) is 3.02. The molecule has 0 spiro atoms. The molecule has 0 atom stereocenters. The van der Waals surface area contributed by atoms with Gasteiger partial charge in [0.2, 0.25) is 0 Å². The first kappa shape index (κ1) is 13.4. The van der Waals surface area contributed by atoms with Gasteiger partial charge >= 0.3 is 0 Å². The first-order chi connectivity index (χ1) is 9.72. The number of hydrogen-bond acceptors (Lipinski definition) is 3. The second kappa shape index (κ2) is 5.81. The number of benzene rings is 1. The largest absolute Gasteiger partial charge is 0.380 e. The Bertz CT molecular complexity index is 684. The van der Waals surface area contributed by atoms with E-state index < -0.39 is 0 Å². The molecule has 3 rings (SSSR count). The van der Waals surface area contributed by atoms with Gasteiger partial charge in [0.15, 0.2) is 0 Å². The lowest BCUT2D eigenvalue weighted by molar-refractivity contribution is 1.05. The number of aryl methyl sites for hydroxylation is 1. The van der Waals surface area contributed by atoms with Crippen LogP contribution < -0.4 is 5.32 Å². The monoisotopic (exact) mass is 347 g/mol. The molecule has 20 heavy (non-hydrogen) atoms. The number of halogens is 1. The topological polar surface area (TPSA) is 29.9 Å². The summed E-state index contributed by atoms with van der Waals surface area (Å²) in [7, 11) is 0. The van der Waals surface area contributed by atoms with Crippen LogP contribution in [-0.2, 0) is 6.54 Å². The summed E-state index contributed by atoms with van der Waals surface area (Å²) in [5.41, 5.74) is 2.22. The van der Waals surface area contributed by atoms with Gasteiger partial charge in [-0.25, -0.2) is 4.98 Å². The average molecular weight is 348 g/mol. The van der Waals surface area contributed by atoms with Crippen LogP contribution in [0.25, 0.3) is 5.69 Å². The molecule has 3 nitrogen and oxygen atoms in total. The Hall–Kier alpha value is -1.59. The second-order valence-corrected chi connectivity index (χ2v) is 6.69. The highest BCUT2D eigenvalue weighted by atomic mass is 79.9. The number of hydrogen-bond donors (Lipinski definition) is 1. The van der Waals surface area contributed by atoms with Crippen LogP contribution in [0.15, 0.2) is 53.5 Å². The fourth-order valence-electron chi connectivity index (χ4n) is 1.98. The molecule has 0 bridgehead atoms. The van der Waals surface area contributed by atoms with Crippen LogP contribution in [0.5, 0.6) is 0 Å². The maximum absolute atomic E-state index is 4.07. The fraction of sp³-hybridized carbons (Fsp3) is 0.133. The van der Waals surface area contributed by atoms with E-state index >= 15 is 0 Å². The van der Waals surface area contributed by atoms with E-state index in [2.05, 4.69) is 57.4 Å². The van der Waals surface area contributed by atoms with Crippen molar-refractivity contribution < 1.29 is 0 Å². The predicted octanol–water partition coefficient (Wildman–Crippen LogP) is 4.62. The van der Waals surface area contributed by atoms with E-state index in [0.29, 0.717) is 0 Å². The number of imidazole rings is 1. The number of thiophene rings is 1. The quantitative estimate of drug-likeness (QED) is 0.746. The molecular weight excluding hydrogens is 334 g/mol. The van der Waals surface area contributed by atoms with E-state index in [-0.39, 0.29) is 0 Å². The molecule has 0 fully saturated rings. The van der Waals surface area contributed by atoms with Crippen LogP contribution in [0.2, 0.25) is 0 Å². The molecule has 0 saturated carbocycles. The lowest BCUT2D eigenvalue weighted by atomic mass is 10.2. The van der Waals surface area contributed by atoms with Gasteiger partial charge in [-0.2, -0.15) is 0 Å². The SMILES string of the molecule is Cc1sc(CNc2cccc(-n3ccnc3)c2)cc1Br. The van der Waals surface area contributed by atoms with Crippen molar-refractivity contribution in [3.8, 4) is 5.69 Å². The van der Waals surface area contributed by atoms with Gasteiger partial charge in [0, 0.05) is 44.5 Å². The third kappa shape index (κ3) is 2.94. The standard InChI is InChI=1S/C15H14BrN3S/c1-11-15(16)8-14(20-11)9-18-12-3-2-4-13(7-12)19-6-5-17-10-19/h2-8,10,18H,9H2,1H3. The molecule has 102 valence electrons. The Morgan fingerprint density at radius 1 is 1.35 bits per heavy atom. The minimum Gasteiger partial charge on any atom is -0.380 e. The molecule has 2 heterocycles. The van der Waals surface area contributed by atoms with Gasteiger partial charge in [0.1, 0.15) is 0 Å². The number of rotatable bonds is 4. The Kier molecular flexibility index (Phi) is 3.89. The lowest BCUT2D eigenvalue weighted by Gasteiger charge is -2.08. The average Bonchev–Trinajstić information content (AvgIpc) is 3.08. The highest BCUT2D eigenvalue weighted by Crippen LogP contribution is 2.27. The highest BCUT2D eigenvalue weighted by molar-refractivity contribution is 9.10. The molecule has 2 aromatic heterocycles. The van der Waals surface area contributed by atoms with Crippen molar-refractivity contribution in [1.82, 2.24) is 9.55 Å². The second-order valence-electron chi connectivity index (χ2n) is 4.49. The summed E-state index contributed by atoms with van der Waals surface area (Å²) in [6, 6.07) is 10.5. The first-order valence-corrected chi connectivity index (χ1v) is 7.90. The summed E-state index contributed by atoms with van der Waals surface area (Å²) in [5, 5.41) is 3.46. The number of nitrogens with zero attached hydrogens (tertiary/aromatic N) is 2. The molecule has 0 unspecified atom stereocenters. The molecule has 1 aromatic carbocycles. The molecule has 0 amide bonds. The van der Waals surface area contributed by atoms with Crippen molar-refractivity contribution in [1.29, 1.82) is 0 Å². The molecule has 0 aliphatic rings. The molecule has 0 aliphatic heterocycles. The number of nitrogens with one attached hydrogen (secondary N) is 1. The zero-order chi connectivity index (χ0) is 13.9.